The average Bonchev–Trinajstić information content (AvgIpc) is 2.95. The lowest BCUT2D eigenvalue weighted by Crippen LogP contribution is -2.40. The van der Waals surface area contributed by atoms with Crippen LogP contribution in [0.5, 0.6) is 0 Å². The normalized spacial score (nSPS) is 12.5. The van der Waals surface area contributed by atoms with Crippen LogP contribution in [0.2, 0.25) is 0 Å². The number of halogens is 1. The van der Waals surface area contributed by atoms with Crippen molar-refractivity contribution in [1.82, 2.24) is 19.3 Å². The summed E-state index contributed by atoms with van der Waals surface area (Å²) >= 11 is 0. The number of fused-ring (bicyclic) bond motifs is 1. The Kier molecular flexibility index (Phi) is 5.16. The van der Waals surface area contributed by atoms with Crippen LogP contribution >= 0.6 is 0 Å². The van der Waals surface area contributed by atoms with Gasteiger partial charge in [0, 0.05) is 11.7 Å². The number of anilines is 2. The molecule has 0 bridgehead atoms. The first-order chi connectivity index (χ1) is 13.0. The summed E-state index contributed by atoms with van der Waals surface area (Å²) in [4.78, 5) is 4.27. The van der Waals surface area contributed by atoms with Crippen LogP contribution in [-0.2, 0) is 16.4 Å². The van der Waals surface area contributed by atoms with Gasteiger partial charge in [0.2, 0.25) is 10.0 Å². The molecule has 3 rings (SSSR count). The fraction of sp³-hybridized carbons (Fsp3) is 0.368. The van der Waals surface area contributed by atoms with Crippen molar-refractivity contribution < 1.29 is 12.8 Å². The van der Waals surface area contributed by atoms with Crippen molar-refractivity contribution in [1.29, 1.82) is 0 Å². The van der Waals surface area contributed by atoms with Crippen LogP contribution in [-0.4, -0.2) is 28.6 Å². The zero-order valence-corrected chi connectivity index (χ0v) is 17.4. The Hall–Kier alpha value is -2.52. The molecule has 0 aliphatic rings. The van der Waals surface area contributed by atoms with Gasteiger partial charge in [0.1, 0.15) is 16.5 Å². The monoisotopic (exact) mass is 405 g/mol. The first kappa shape index (κ1) is 20.2. The molecule has 0 saturated carbocycles. The highest BCUT2D eigenvalue weighted by Gasteiger charge is 2.30. The molecule has 2 N–H and O–H groups in total. The number of sulfonamides is 1. The molecule has 0 unspecified atom stereocenters. The first-order valence-corrected chi connectivity index (χ1v) is 10.4. The summed E-state index contributed by atoms with van der Waals surface area (Å²) in [5.41, 5.74) is 0.994. The van der Waals surface area contributed by atoms with Gasteiger partial charge in [-0.2, -0.15) is 9.61 Å². The van der Waals surface area contributed by atoms with Crippen molar-refractivity contribution in [3.05, 3.63) is 47.5 Å². The third kappa shape index (κ3) is 4.00. The summed E-state index contributed by atoms with van der Waals surface area (Å²) in [6.07, 6.45) is 1.88. The number of aromatic nitrogens is 3. The van der Waals surface area contributed by atoms with Crippen LogP contribution in [0.1, 0.15) is 39.0 Å². The van der Waals surface area contributed by atoms with E-state index in [9.17, 15) is 12.8 Å². The maximum atomic E-state index is 14.2. The van der Waals surface area contributed by atoms with Gasteiger partial charge < -0.3 is 5.32 Å². The summed E-state index contributed by atoms with van der Waals surface area (Å²) in [6, 6.07) is 6.45. The molecule has 28 heavy (non-hydrogen) atoms. The van der Waals surface area contributed by atoms with E-state index in [1.807, 2.05) is 6.92 Å². The molecule has 0 amide bonds. The van der Waals surface area contributed by atoms with E-state index in [-0.39, 0.29) is 16.2 Å². The Morgan fingerprint density at radius 3 is 2.54 bits per heavy atom. The SMILES string of the molecule is CCc1nn2c(Nc3ccc(C)cc3F)ccnc2c1S(=O)(=O)NC(C)(C)C. The Labute approximate surface area is 164 Å². The quantitative estimate of drug-likeness (QED) is 0.678. The Morgan fingerprint density at radius 1 is 1.21 bits per heavy atom. The molecule has 2 aromatic heterocycles. The Morgan fingerprint density at radius 2 is 1.93 bits per heavy atom. The van der Waals surface area contributed by atoms with Crippen LogP contribution in [0.3, 0.4) is 0 Å². The topological polar surface area (TPSA) is 88.4 Å². The van der Waals surface area contributed by atoms with Gasteiger partial charge in [0.25, 0.3) is 0 Å². The van der Waals surface area contributed by atoms with Crippen LogP contribution in [0.25, 0.3) is 5.65 Å². The third-order valence-electron chi connectivity index (χ3n) is 3.98. The average molecular weight is 405 g/mol. The highest BCUT2D eigenvalue weighted by atomic mass is 32.2. The van der Waals surface area contributed by atoms with E-state index in [4.69, 9.17) is 0 Å². The molecule has 0 aliphatic carbocycles. The highest BCUT2D eigenvalue weighted by Crippen LogP contribution is 2.27. The number of benzene rings is 1. The van der Waals surface area contributed by atoms with Crippen molar-refractivity contribution in [2.75, 3.05) is 5.32 Å². The van der Waals surface area contributed by atoms with Gasteiger partial charge in [0.15, 0.2) is 5.65 Å². The second kappa shape index (κ2) is 7.14. The largest absolute Gasteiger partial charge is 0.338 e. The van der Waals surface area contributed by atoms with Gasteiger partial charge in [-0.1, -0.05) is 13.0 Å². The van der Waals surface area contributed by atoms with Gasteiger partial charge in [0.05, 0.1) is 11.4 Å². The predicted octanol–water partition coefficient (Wildman–Crippen LogP) is 3.56. The van der Waals surface area contributed by atoms with Gasteiger partial charge in [-0.05, 0) is 57.9 Å². The van der Waals surface area contributed by atoms with Crippen molar-refractivity contribution >= 4 is 27.2 Å². The number of hydrogen-bond acceptors (Lipinski definition) is 5. The smallest absolute Gasteiger partial charge is 0.246 e. The fourth-order valence-corrected chi connectivity index (χ4v) is 4.67. The number of rotatable bonds is 5. The maximum absolute atomic E-state index is 14.2. The molecule has 7 nitrogen and oxygen atoms in total. The standard InChI is InChI=1S/C19H24FN5O2S/c1-6-14-17(28(26,27)24-19(3,4)5)18-21-10-9-16(25(18)23-14)22-15-8-7-12(2)11-13(15)20/h7-11,22,24H,6H2,1-5H3. The van der Waals surface area contributed by atoms with Gasteiger partial charge >= 0.3 is 0 Å². The van der Waals surface area contributed by atoms with E-state index in [0.717, 1.165) is 5.56 Å². The van der Waals surface area contributed by atoms with E-state index in [1.54, 1.807) is 45.9 Å². The molecule has 0 aliphatic heterocycles. The van der Waals surface area contributed by atoms with Crippen LogP contribution in [0, 0.1) is 12.7 Å². The number of nitrogens with zero attached hydrogens (tertiary/aromatic N) is 3. The van der Waals surface area contributed by atoms with Crippen molar-refractivity contribution in [2.45, 2.75) is 51.5 Å². The molecular weight excluding hydrogens is 381 g/mol. The van der Waals surface area contributed by atoms with Crippen LogP contribution < -0.4 is 10.0 Å². The summed E-state index contributed by atoms with van der Waals surface area (Å²) in [5, 5.41) is 7.40. The molecule has 0 atom stereocenters. The van der Waals surface area contributed by atoms with E-state index in [0.29, 0.717) is 17.9 Å². The summed E-state index contributed by atoms with van der Waals surface area (Å²) in [7, 11) is -3.85. The molecule has 0 saturated heterocycles. The second-order valence-corrected chi connectivity index (χ2v) is 9.28. The number of aryl methyl sites for hydroxylation is 2. The van der Waals surface area contributed by atoms with Crippen LogP contribution in [0.4, 0.5) is 15.9 Å². The summed E-state index contributed by atoms with van der Waals surface area (Å²) in [6.45, 7) is 8.93. The molecule has 1 aromatic carbocycles. The van der Waals surface area contributed by atoms with E-state index >= 15 is 0 Å². The highest BCUT2D eigenvalue weighted by molar-refractivity contribution is 7.89. The molecule has 3 aromatic rings. The molecule has 0 spiro atoms. The first-order valence-electron chi connectivity index (χ1n) is 8.95. The van der Waals surface area contributed by atoms with Crippen molar-refractivity contribution in [2.24, 2.45) is 0 Å². The lowest BCUT2D eigenvalue weighted by Gasteiger charge is -2.20. The second-order valence-electron chi connectivity index (χ2n) is 7.66. The minimum Gasteiger partial charge on any atom is -0.338 e. The van der Waals surface area contributed by atoms with E-state index in [1.165, 1.54) is 16.8 Å². The maximum Gasteiger partial charge on any atom is 0.246 e. The van der Waals surface area contributed by atoms with Crippen molar-refractivity contribution in [3.8, 4) is 0 Å². The summed E-state index contributed by atoms with van der Waals surface area (Å²) < 4.78 is 44.3. The third-order valence-corrected chi connectivity index (χ3v) is 5.81. The predicted molar refractivity (Wildman–Crippen MR) is 107 cm³/mol. The fourth-order valence-electron chi connectivity index (χ4n) is 2.88. The number of nitrogens with one attached hydrogen (secondary N) is 2. The molecule has 2 heterocycles. The molecule has 9 heteroatoms. The van der Waals surface area contributed by atoms with Gasteiger partial charge in [-0.15, -0.1) is 0 Å². The zero-order valence-electron chi connectivity index (χ0n) is 16.5. The van der Waals surface area contributed by atoms with Gasteiger partial charge in [-0.25, -0.2) is 22.5 Å². The van der Waals surface area contributed by atoms with Gasteiger partial charge in [-0.3, -0.25) is 0 Å². The van der Waals surface area contributed by atoms with Crippen LogP contribution in [0.15, 0.2) is 35.4 Å². The lowest BCUT2D eigenvalue weighted by atomic mass is 10.1. The minimum atomic E-state index is -3.85. The lowest BCUT2D eigenvalue weighted by molar-refractivity contribution is 0.491. The molecule has 150 valence electrons. The molecule has 0 radical (unpaired) electrons. The minimum absolute atomic E-state index is 0.0398. The number of hydrogen-bond donors (Lipinski definition) is 2. The summed E-state index contributed by atoms with van der Waals surface area (Å²) in [5.74, 6) is 0.00902. The molecule has 0 fully saturated rings. The van der Waals surface area contributed by atoms with E-state index in [2.05, 4.69) is 20.1 Å². The zero-order chi connectivity index (χ0) is 20.7. The molecular formula is C19H24FN5O2S. The van der Waals surface area contributed by atoms with Crippen molar-refractivity contribution in [3.63, 3.8) is 0 Å². The Bertz CT molecular complexity index is 1130. The Balaban J connectivity index is 2.15. The van der Waals surface area contributed by atoms with E-state index < -0.39 is 21.4 Å².